The fourth-order valence-electron chi connectivity index (χ4n) is 4.08. The predicted molar refractivity (Wildman–Crippen MR) is 141 cm³/mol. The van der Waals surface area contributed by atoms with Crippen LogP contribution in [0.4, 0.5) is 10.5 Å². The number of aromatic nitrogens is 1. The molecule has 1 atom stereocenters. The zero-order valence-electron chi connectivity index (χ0n) is 20.6. The fourth-order valence-corrected chi connectivity index (χ4v) is 4.70. The minimum absolute atomic E-state index is 0.167. The summed E-state index contributed by atoms with van der Waals surface area (Å²) in [6.07, 6.45) is -0.561. The van der Waals surface area contributed by atoms with Crippen LogP contribution < -0.4 is 20.2 Å². The van der Waals surface area contributed by atoms with E-state index in [0.717, 1.165) is 11.1 Å². The molecule has 11 nitrogen and oxygen atoms in total. The van der Waals surface area contributed by atoms with Crippen LogP contribution in [0.5, 0.6) is 0 Å². The summed E-state index contributed by atoms with van der Waals surface area (Å²) in [7, 11) is -4.67. The van der Waals surface area contributed by atoms with Crippen molar-refractivity contribution >= 4 is 38.9 Å². The van der Waals surface area contributed by atoms with Gasteiger partial charge in [-0.15, -0.1) is 0 Å². The Morgan fingerprint density at radius 2 is 1.74 bits per heavy atom. The van der Waals surface area contributed by atoms with E-state index in [-0.39, 0.29) is 16.8 Å². The Kier molecular flexibility index (Phi) is 7.17. The van der Waals surface area contributed by atoms with Gasteiger partial charge in [0.25, 0.3) is 5.91 Å². The van der Waals surface area contributed by atoms with Gasteiger partial charge in [-0.2, -0.15) is 8.42 Å². The van der Waals surface area contributed by atoms with Crippen LogP contribution in [-0.2, 0) is 10.2 Å². The summed E-state index contributed by atoms with van der Waals surface area (Å²) in [5, 5.41) is 12.2. The second-order valence-electron chi connectivity index (χ2n) is 8.59. The lowest BCUT2D eigenvalue weighted by Gasteiger charge is -2.20. The Hall–Kier alpha value is -4.71. The molecule has 0 radical (unpaired) electrons. The molecule has 2 heterocycles. The van der Waals surface area contributed by atoms with Gasteiger partial charge in [0.05, 0.1) is 17.1 Å². The molecule has 0 saturated carbocycles. The van der Waals surface area contributed by atoms with E-state index in [1.165, 1.54) is 17.0 Å². The SMILES string of the molecule is Cc1cc(C(C)Nc2cccnc2C(=O)NS(=O)(=O)NC(=O)O)c2oc(-c3ccccc3)c(C)c(=O)c2c1. The molecule has 0 saturated heterocycles. The van der Waals surface area contributed by atoms with Crippen LogP contribution in [0.15, 0.2) is 70.0 Å². The summed E-state index contributed by atoms with van der Waals surface area (Å²) in [5.74, 6) is -0.699. The molecule has 0 aliphatic heterocycles. The van der Waals surface area contributed by atoms with Crippen molar-refractivity contribution in [2.45, 2.75) is 26.8 Å². The van der Waals surface area contributed by atoms with Crippen LogP contribution in [0.3, 0.4) is 0 Å². The average Bonchev–Trinajstić information content (AvgIpc) is 2.85. The van der Waals surface area contributed by atoms with E-state index in [9.17, 15) is 22.8 Å². The van der Waals surface area contributed by atoms with Gasteiger partial charge in [0.1, 0.15) is 11.3 Å². The third-order valence-electron chi connectivity index (χ3n) is 5.74. The average molecular weight is 537 g/mol. The number of benzene rings is 2. The molecule has 1 unspecified atom stereocenters. The van der Waals surface area contributed by atoms with E-state index >= 15 is 0 Å². The minimum Gasteiger partial charge on any atom is -0.464 e. The second-order valence-corrected chi connectivity index (χ2v) is 10.0. The molecule has 4 aromatic rings. The molecule has 196 valence electrons. The summed E-state index contributed by atoms with van der Waals surface area (Å²) in [5.41, 5.74) is 2.76. The zero-order valence-corrected chi connectivity index (χ0v) is 21.4. The van der Waals surface area contributed by atoms with Gasteiger partial charge in [0.2, 0.25) is 0 Å². The second kappa shape index (κ2) is 10.3. The third-order valence-corrected chi connectivity index (χ3v) is 6.64. The maximum atomic E-state index is 13.3. The van der Waals surface area contributed by atoms with E-state index in [4.69, 9.17) is 9.52 Å². The van der Waals surface area contributed by atoms with Crippen molar-refractivity contribution in [3.8, 4) is 11.3 Å². The molecule has 12 heteroatoms. The number of anilines is 1. The number of nitrogens with zero attached hydrogens (tertiary/aromatic N) is 1. The standard InChI is InChI=1S/C26H24N4O7S/c1-14-12-18(24-19(13-14)22(31)15(2)23(37-24)17-8-5-4-6-9-17)16(3)28-20-10-7-11-27-21(20)25(32)29-38(35,36)30-26(33)34/h4-13,16,28,30H,1-3H3,(H,29,32)(H,33,34). The first-order chi connectivity index (χ1) is 18.0. The van der Waals surface area contributed by atoms with Crippen molar-refractivity contribution in [1.29, 1.82) is 0 Å². The first kappa shape index (κ1) is 26.4. The molecule has 0 spiro atoms. The number of carbonyl (C=O) groups excluding carboxylic acids is 1. The Bertz CT molecular complexity index is 1720. The number of fused-ring (bicyclic) bond motifs is 1. The molecule has 0 aliphatic carbocycles. The maximum Gasteiger partial charge on any atom is 0.419 e. The maximum absolute atomic E-state index is 13.3. The number of hydrogen-bond acceptors (Lipinski definition) is 8. The van der Waals surface area contributed by atoms with Crippen LogP contribution in [0.2, 0.25) is 0 Å². The predicted octanol–water partition coefficient (Wildman–Crippen LogP) is 3.89. The lowest BCUT2D eigenvalue weighted by molar-refractivity contribution is 0.0977. The zero-order chi connectivity index (χ0) is 27.6. The first-order valence-corrected chi connectivity index (χ1v) is 12.9. The highest BCUT2D eigenvalue weighted by Crippen LogP contribution is 2.32. The third kappa shape index (κ3) is 5.49. The highest BCUT2D eigenvalue weighted by Gasteiger charge is 2.23. The van der Waals surface area contributed by atoms with Gasteiger partial charge in [0.15, 0.2) is 11.1 Å². The van der Waals surface area contributed by atoms with Crippen molar-refractivity contribution in [3.63, 3.8) is 0 Å². The number of pyridine rings is 1. The smallest absolute Gasteiger partial charge is 0.419 e. The molecule has 0 fully saturated rings. The lowest BCUT2D eigenvalue weighted by Crippen LogP contribution is -2.42. The minimum atomic E-state index is -4.67. The fraction of sp³-hybridized carbons (Fsp3) is 0.154. The van der Waals surface area contributed by atoms with Crippen LogP contribution in [0, 0.1) is 13.8 Å². The molecule has 0 aliphatic rings. The topological polar surface area (TPSA) is 168 Å². The quantitative estimate of drug-likeness (QED) is 0.274. The van der Waals surface area contributed by atoms with E-state index in [1.807, 2.05) is 43.3 Å². The van der Waals surface area contributed by atoms with Crippen molar-refractivity contribution in [2.24, 2.45) is 0 Å². The van der Waals surface area contributed by atoms with Gasteiger partial charge in [-0.1, -0.05) is 36.4 Å². The van der Waals surface area contributed by atoms with E-state index in [0.29, 0.717) is 27.9 Å². The van der Waals surface area contributed by atoms with Gasteiger partial charge >= 0.3 is 16.3 Å². The molecule has 2 aromatic heterocycles. The first-order valence-electron chi connectivity index (χ1n) is 11.4. The van der Waals surface area contributed by atoms with Gasteiger partial charge in [-0.05, 0) is 44.5 Å². The summed E-state index contributed by atoms with van der Waals surface area (Å²) in [6, 6.07) is 15.4. The van der Waals surface area contributed by atoms with Gasteiger partial charge in [-0.3, -0.25) is 9.59 Å². The van der Waals surface area contributed by atoms with Crippen molar-refractivity contribution in [3.05, 3.63) is 93.4 Å². The number of amides is 2. The van der Waals surface area contributed by atoms with E-state index in [1.54, 1.807) is 30.7 Å². The molecule has 4 rings (SSSR count). The Labute approximate surface area is 217 Å². The number of rotatable bonds is 7. The summed E-state index contributed by atoms with van der Waals surface area (Å²) in [6.45, 7) is 5.34. The summed E-state index contributed by atoms with van der Waals surface area (Å²) < 4.78 is 32.9. The lowest BCUT2D eigenvalue weighted by atomic mass is 9.98. The Morgan fingerprint density at radius 1 is 1.03 bits per heavy atom. The molecule has 2 amide bonds. The molecule has 2 aromatic carbocycles. The Balaban J connectivity index is 1.76. The van der Waals surface area contributed by atoms with Gasteiger partial charge < -0.3 is 14.8 Å². The van der Waals surface area contributed by atoms with Crippen LogP contribution >= 0.6 is 0 Å². The molecule has 4 N–H and O–H groups in total. The van der Waals surface area contributed by atoms with Crippen molar-refractivity contribution < 1.29 is 27.5 Å². The number of hydrogen-bond donors (Lipinski definition) is 4. The largest absolute Gasteiger partial charge is 0.464 e. The normalized spacial score (nSPS) is 12.1. The highest BCUT2D eigenvalue weighted by atomic mass is 32.2. The highest BCUT2D eigenvalue weighted by molar-refractivity contribution is 7.88. The number of carbonyl (C=O) groups is 2. The number of carboxylic acid groups (broad SMARTS) is 1. The van der Waals surface area contributed by atoms with E-state index in [2.05, 4.69) is 10.3 Å². The number of aryl methyl sites for hydroxylation is 1. The van der Waals surface area contributed by atoms with Gasteiger partial charge in [0, 0.05) is 22.9 Å². The summed E-state index contributed by atoms with van der Waals surface area (Å²) >= 11 is 0. The Morgan fingerprint density at radius 3 is 2.42 bits per heavy atom. The van der Waals surface area contributed by atoms with Crippen molar-refractivity contribution in [1.82, 2.24) is 14.4 Å². The molecule has 38 heavy (non-hydrogen) atoms. The van der Waals surface area contributed by atoms with Gasteiger partial charge in [-0.25, -0.2) is 19.2 Å². The number of nitrogens with one attached hydrogen (secondary N) is 3. The van der Waals surface area contributed by atoms with Crippen LogP contribution in [0.25, 0.3) is 22.3 Å². The van der Waals surface area contributed by atoms with Crippen molar-refractivity contribution in [2.75, 3.05) is 5.32 Å². The van der Waals surface area contributed by atoms with Crippen LogP contribution in [0.1, 0.15) is 40.1 Å². The molecular weight excluding hydrogens is 512 g/mol. The molecule has 0 bridgehead atoms. The van der Waals surface area contributed by atoms with E-state index < -0.39 is 28.3 Å². The van der Waals surface area contributed by atoms with Crippen LogP contribution in [-0.4, -0.2) is 30.5 Å². The molecular formula is C26H24N4O7S. The summed E-state index contributed by atoms with van der Waals surface area (Å²) in [4.78, 5) is 40.6. The monoisotopic (exact) mass is 536 g/mol.